The van der Waals surface area contributed by atoms with Crippen molar-refractivity contribution in [1.29, 1.82) is 0 Å². The average Bonchev–Trinajstić information content (AvgIpc) is 2.83. The van der Waals surface area contributed by atoms with E-state index in [0.717, 1.165) is 61.9 Å². The van der Waals surface area contributed by atoms with Gasteiger partial charge < -0.3 is 10.1 Å². The maximum absolute atomic E-state index is 6.63. The van der Waals surface area contributed by atoms with Crippen molar-refractivity contribution < 1.29 is 14.5 Å². The summed E-state index contributed by atoms with van der Waals surface area (Å²) in [5, 5.41) is 5.40. The first-order chi connectivity index (χ1) is 16.3. The number of aromatic nitrogens is 1. The summed E-state index contributed by atoms with van der Waals surface area (Å²) in [6.45, 7) is 11.5. The minimum absolute atomic E-state index is 0.0495. The zero-order valence-corrected chi connectivity index (χ0v) is 21.4. The number of likely N-dealkylation sites (tertiary alicyclic amines) is 1. The molecule has 34 heavy (non-hydrogen) atoms. The van der Waals surface area contributed by atoms with E-state index < -0.39 is 11.4 Å². The smallest absolute Gasteiger partial charge is 0.204 e. The van der Waals surface area contributed by atoms with E-state index in [4.69, 9.17) is 26.1 Å². The van der Waals surface area contributed by atoms with Gasteiger partial charge in [-0.25, -0.2) is 9.78 Å². The summed E-state index contributed by atoms with van der Waals surface area (Å²) >= 11 is 6.13. The number of anilines is 1. The maximum Gasteiger partial charge on any atom is 0.204 e. The first-order valence-corrected chi connectivity index (χ1v) is 12.9. The number of piperidine rings is 1. The molecule has 3 aliphatic rings. The standard InChI is InChI=1S/C27H36ClN3O3/c1-18(2)20-7-9-26(4)25(15-20)32-27(34-33-26)10-13-31(14-11-27)19(3)17-30-23-8-12-29-24-16-21(28)5-6-22(23)24/h5-6,8,12,15-16,18-19,25H,7,9-11,13-14,17H2,1-4H3,(H,29,30). The Morgan fingerprint density at radius 2 is 1.94 bits per heavy atom. The van der Waals surface area contributed by atoms with Gasteiger partial charge >= 0.3 is 0 Å². The van der Waals surface area contributed by atoms with Gasteiger partial charge in [0.15, 0.2) is 0 Å². The van der Waals surface area contributed by atoms with Crippen molar-refractivity contribution in [2.75, 3.05) is 25.0 Å². The third-order valence-corrected chi connectivity index (χ3v) is 8.06. The molecule has 7 heteroatoms. The Morgan fingerprint density at radius 1 is 1.15 bits per heavy atom. The fourth-order valence-electron chi connectivity index (χ4n) is 5.31. The van der Waals surface area contributed by atoms with Gasteiger partial charge in [0.05, 0.1) is 5.52 Å². The van der Waals surface area contributed by atoms with Crippen LogP contribution in [0.5, 0.6) is 0 Å². The van der Waals surface area contributed by atoms with Crippen LogP contribution in [0.4, 0.5) is 5.69 Å². The molecule has 184 valence electrons. The molecule has 0 saturated carbocycles. The number of rotatable bonds is 5. The average molecular weight is 486 g/mol. The van der Waals surface area contributed by atoms with Crippen LogP contribution in [0, 0.1) is 5.92 Å². The van der Waals surface area contributed by atoms with Crippen molar-refractivity contribution in [3.8, 4) is 0 Å². The summed E-state index contributed by atoms with van der Waals surface area (Å²) < 4.78 is 6.63. The molecule has 1 aliphatic carbocycles. The molecule has 1 aromatic carbocycles. The number of nitrogens with one attached hydrogen (secondary N) is 1. The largest absolute Gasteiger partial charge is 0.383 e. The lowest BCUT2D eigenvalue weighted by Crippen LogP contribution is -2.61. The molecule has 2 fully saturated rings. The molecule has 3 heterocycles. The Balaban J connectivity index is 1.19. The Labute approximate surface area is 207 Å². The van der Waals surface area contributed by atoms with Crippen molar-refractivity contribution in [1.82, 2.24) is 9.88 Å². The second kappa shape index (κ2) is 9.40. The van der Waals surface area contributed by atoms with E-state index in [1.54, 1.807) is 0 Å². The number of nitrogens with zero attached hydrogens (tertiary/aromatic N) is 2. The van der Waals surface area contributed by atoms with Gasteiger partial charge in [-0.1, -0.05) is 37.1 Å². The number of fused-ring (bicyclic) bond motifs is 2. The predicted molar refractivity (Wildman–Crippen MR) is 136 cm³/mol. The zero-order valence-electron chi connectivity index (χ0n) is 20.6. The summed E-state index contributed by atoms with van der Waals surface area (Å²) in [5.74, 6) is -0.110. The first kappa shape index (κ1) is 24.0. The maximum atomic E-state index is 6.63. The minimum Gasteiger partial charge on any atom is -0.383 e. The molecule has 6 nitrogen and oxygen atoms in total. The third-order valence-electron chi connectivity index (χ3n) is 7.82. The van der Waals surface area contributed by atoms with Crippen LogP contribution in [0.2, 0.25) is 5.02 Å². The quantitative estimate of drug-likeness (QED) is 0.416. The van der Waals surface area contributed by atoms with Gasteiger partial charge in [0.1, 0.15) is 11.7 Å². The van der Waals surface area contributed by atoms with Crippen LogP contribution in [0.3, 0.4) is 0 Å². The topological polar surface area (TPSA) is 55.9 Å². The van der Waals surface area contributed by atoms with Crippen LogP contribution in [0.25, 0.3) is 10.9 Å². The number of halogens is 1. The van der Waals surface area contributed by atoms with Crippen molar-refractivity contribution in [2.45, 2.75) is 76.9 Å². The monoisotopic (exact) mass is 485 g/mol. The molecule has 0 radical (unpaired) electrons. The van der Waals surface area contributed by atoms with Crippen LogP contribution >= 0.6 is 11.6 Å². The number of hydrogen-bond donors (Lipinski definition) is 1. The molecule has 3 unspecified atom stereocenters. The van der Waals surface area contributed by atoms with Crippen LogP contribution in [-0.2, 0) is 14.5 Å². The molecule has 2 saturated heterocycles. The van der Waals surface area contributed by atoms with Crippen molar-refractivity contribution >= 4 is 28.2 Å². The minimum atomic E-state index is -0.648. The molecule has 1 N–H and O–H groups in total. The molecule has 0 bridgehead atoms. The number of allylic oxidation sites excluding steroid dienone is 1. The summed E-state index contributed by atoms with van der Waals surface area (Å²) in [4.78, 5) is 18.9. The SMILES string of the molecule is CC(C)C1=CC2OC3(CCN(C(C)CNc4ccnc5cc(Cl)ccc45)CC3)OOC2(C)CC1. The number of ether oxygens (including phenoxy) is 1. The Morgan fingerprint density at radius 3 is 2.71 bits per heavy atom. The van der Waals surface area contributed by atoms with Gasteiger partial charge in [0.2, 0.25) is 5.79 Å². The highest BCUT2D eigenvalue weighted by atomic mass is 35.5. The van der Waals surface area contributed by atoms with Crippen molar-refractivity contribution in [3.63, 3.8) is 0 Å². The summed E-state index contributed by atoms with van der Waals surface area (Å²) in [6, 6.07) is 8.23. The highest BCUT2D eigenvalue weighted by Crippen LogP contribution is 2.44. The highest BCUT2D eigenvalue weighted by molar-refractivity contribution is 6.31. The van der Waals surface area contributed by atoms with Crippen LogP contribution in [0.1, 0.15) is 53.4 Å². The van der Waals surface area contributed by atoms with Crippen LogP contribution < -0.4 is 5.32 Å². The Hall–Kier alpha value is -1.70. The van der Waals surface area contributed by atoms with Crippen molar-refractivity contribution in [2.24, 2.45) is 5.92 Å². The molecule has 0 amide bonds. The van der Waals surface area contributed by atoms with E-state index in [1.165, 1.54) is 5.57 Å². The number of pyridine rings is 1. The van der Waals surface area contributed by atoms with Gasteiger partial charge in [-0.05, 0) is 56.9 Å². The molecule has 5 rings (SSSR count). The fourth-order valence-corrected chi connectivity index (χ4v) is 5.48. The lowest BCUT2D eigenvalue weighted by molar-refractivity contribution is -0.527. The van der Waals surface area contributed by atoms with Gasteiger partial charge in [-0.2, -0.15) is 0 Å². The first-order valence-electron chi connectivity index (χ1n) is 12.5. The number of benzene rings is 1. The molecular formula is C27H36ClN3O3. The Bertz CT molecular complexity index is 1070. The molecule has 1 spiro atoms. The highest BCUT2D eigenvalue weighted by Gasteiger charge is 2.52. The van der Waals surface area contributed by atoms with E-state index in [2.05, 4.69) is 49.0 Å². The predicted octanol–water partition coefficient (Wildman–Crippen LogP) is 5.96. The van der Waals surface area contributed by atoms with Crippen LogP contribution in [0.15, 0.2) is 42.1 Å². The lowest BCUT2D eigenvalue weighted by Gasteiger charge is -2.52. The third kappa shape index (κ3) is 4.71. The molecule has 1 aromatic heterocycles. The van der Waals surface area contributed by atoms with Gasteiger partial charge in [-0.15, -0.1) is 0 Å². The van der Waals surface area contributed by atoms with Crippen molar-refractivity contribution in [3.05, 3.63) is 47.1 Å². The molecule has 2 aromatic rings. The summed E-state index contributed by atoms with van der Waals surface area (Å²) in [7, 11) is 0. The van der Waals surface area contributed by atoms with E-state index in [-0.39, 0.29) is 6.10 Å². The second-order valence-corrected chi connectivity index (χ2v) is 11.0. The molecule has 3 atom stereocenters. The van der Waals surface area contributed by atoms with Crippen LogP contribution in [-0.4, -0.2) is 53.1 Å². The number of hydrogen-bond acceptors (Lipinski definition) is 6. The second-order valence-electron chi connectivity index (χ2n) is 10.6. The van der Waals surface area contributed by atoms with E-state index in [0.29, 0.717) is 17.0 Å². The van der Waals surface area contributed by atoms with E-state index >= 15 is 0 Å². The summed E-state index contributed by atoms with van der Waals surface area (Å²) in [6.07, 6.45) is 7.64. The summed E-state index contributed by atoms with van der Waals surface area (Å²) in [5.41, 5.74) is 3.06. The normalized spacial score (nSPS) is 28.1. The van der Waals surface area contributed by atoms with E-state index in [1.807, 2.05) is 30.5 Å². The Kier molecular flexibility index (Phi) is 6.64. The van der Waals surface area contributed by atoms with Gasteiger partial charge in [0.25, 0.3) is 0 Å². The molecular weight excluding hydrogens is 450 g/mol. The van der Waals surface area contributed by atoms with Gasteiger partial charge in [0, 0.05) is 60.8 Å². The fraction of sp³-hybridized carbons (Fsp3) is 0.593. The lowest BCUT2D eigenvalue weighted by atomic mass is 9.80. The van der Waals surface area contributed by atoms with Gasteiger partial charge in [-0.3, -0.25) is 9.88 Å². The van der Waals surface area contributed by atoms with E-state index in [9.17, 15) is 0 Å². The molecule has 2 aliphatic heterocycles. The zero-order chi connectivity index (χ0) is 23.9.